The molecule has 1 aromatic heterocycles. The molecular weight excluding hydrogens is 414 g/mol. The van der Waals surface area contributed by atoms with Crippen LogP contribution in [0.4, 0.5) is 0 Å². The lowest BCUT2D eigenvalue weighted by Gasteiger charge is -2.16. The zero-order chi connectivity index (χ0) is 19.1. The van der Waals surface area contributed by atoms with Crippen LogP contribution < -0.4 is 15.5 Å². The Hall–Kier alpha value is -2.61. The third-order valence-electron chi connectivity index (χ3n) is 4.11. The third-order valence-corrected chi connectivity index (χ3v) is 4.54. The first-order valence-corrected chi connectivity index (χ1v) is 9.48. The van der Waals surface area contributed by atoms with Gasteiger partial charge in [0, 0.05) is 0 Å². The molecule has 0 radical (unpaired) electrons. The lowest BCUT2D eigenvalue weighted by Crippen LogP contribution is -2.37. The molecule has 2 amide bonds. The van der Waals surface area contributed by atoms with Crippen molar-refractivity contribution in [1.82, 2.24) is 10.7 Å². The zero-order valence-electron chi connectivity index (χ0n) is 14.7. The number of carbonyl (C=O) groups excluding carboxylic acids is 2. The molecule has 0 bridgehead atoms. The van der Waals surface area contributed by atoms with Crippen molar-refractivity contribution >= 4 is 34.0 Å². The number of rotatable bonds is 7. The lowest BCUT2D eigenvalue weighted by molar-refractivity contribution is -0.127. The molecule has 0 spiro atoms. The van der Waals surface area contributed by atoms with E-state index in [9.17, 15) is 9.59 Å². The van der Waals surface area contributed by atoms with E-state index in [-0.39, 0.29) is 19.1 Å². The maximum atomic E-state index is 11.8. The van der Waals surface area contributed by atoms with Crippen LogP contribution in [0.1, 0.15) is 29.7 Å². The normalized spacial score (nSPS) is 13.2. The van der Waals surface area contributed by atoms with E-state index in [0.29, 0.717) is 16.2 Å². The van der Waals surface area contributed by atoms with Gasteiger partial charge in [-0.1, -0.05) is 6.07 Å². The van der Waals surface area contributed by atoms with Gasteiger partial charge in [0.25, 0.3) is 11.8 Å². The van der Waals surface area contributed by atoms with Crippen LogP contribution in [0.2, 0.25) is 0 Å². The molecule has 0 saturated heterocycles. The first-order chi connectivity index (χ1) is 13.1. The third kappa shape index (κ3) is 5.96. The summed E-state index contributed by atoms with van der Waals surface area (Å²) in [5, 5.41) is 6.23. The SMILES string of the molecule is O=C(COc1ccc2c(c1)CCCC2)NCC(=O)NN=Cc1ccc(Br)o1. The van der Waals surface area contributed by atoms with Crippen molar-refractivity contribution in [1.29, 1.82) is 0 Å². The van der Waals surface area contributed by atoms with E-state index < -0.39 is 5.91 Å². The number of nitrogens with zero attached hydrogens (tertiary/aromatic N) is 1. The van der Waals surface area contributed by atoms with Crippen molar-refractivity contribution < 1.29 is 18.7 Å². The van der Waals surface area contributed by atoms with Gasteiger partial charge in [0.15, 0.2) is 11.3 Å². The van der Waals surface area contributed by atoms with Crippen molar-refractivity contribution in [3.8, 4) is 5.75 Å². The minimum absolute atomic E-state index is 0.143. The molecule has 0 unspecified atom stereocenters. The smallest absolute Gasteiger partial charge is 0.259 e. The summed E-state index contributed by atoms with van der Waals surface area (Å²) in [7, 11) is 0. The largest absolute Gasteiger partial charge is 0.484 e. The fourth-order valence-electron chi connectivity index (χ4n) is 2.78. The molecule has 7 nitrogen and oxygen atoms in total. The average molecular weight is 434 g/mol. The first-order valence-electron chi connectivity index (χ1n) is 8.69. The number of carbonyl (C=O) groups is 2. The van der Waals surface area contributed by atoms with Gasteiger partial charge in [-0.25, -0.2) is 5.43 Å². The molecule has 27 heavy (non-hydrogen) atoms. The maximum absolute atomic E-state index is 11.8. The van der Waals surface area contributed by atoms with Crippen molar-refractivity contribution in [3.63, 3.8) is 0 Å². The quantitative estimate of drug-likeness (QED) is 0.518. The van der Waals surface area contributed by atoms with Crippen LogP contribution >= 0.6 is 15.9 Å². The monoisotopic (exact) mass is 433 g/mol. The molecule has 0 fully saturated rings. The van der Waals surface area contributed by atoms with Crippen LogP contribution in [0, 0.1) is 0 Å². The molecule has 8 heteroatoms. The van der Waals surface area contributed by atoms with Crippen LogP contribution in [-0.4, -0.2) is 31.2 Å². The number of furan rings is 1. The number of hydrazone groups is 1. The zero-order valence-corrected chi connectivity index (χ0v) is 16.3. The molecule has 1 aromatic carbocycles. The predicted molar refractivity (Wildman–Crippen MR) is 104 cm³/mol. The summed E-state index contributed by atoms with van der Waals surface area (Å²) in [6, 6.07) is 9.35. The Kier molecular flexibility index (Phi) is 6.64. The summed E-state index contributed by atoms with van der Waals surface area (Å²) in [4.78, 5) is 23.5. The van der Waals surface area contributed by atoms with E-state index in [1.807, 2.05) is 12.1 Å². The van der Waals surface area contributed by atoms with Crippen molar-refractivity contribution in [3.05, 3.63) is 51.9 Å². The number of hydrogen-bond acceptors (Lipinski definition) is 5. The van der Waals surface area contributed by atoms with Gasteiger partial charge in [0.05, 0.1) is 12.8 Å². The van der Waals surface area contributed by atoms with Crippen molar-refractivity contribution in [2.45, 2.75) is 25.7 Å². The summed E-state index contributed by atoms with van der Waals surface area (Å²) < 4.78 is 11.3. The van der Waals surface area contributed by atoms with Gasteiger partial charge in [0.1, 0.15) is 11.5 Å². The Labute approximate surface area is 165 Å². The molecule has 2 N–H and O–H groups in total. The molecule has 142 valence electrons. The molecule has 1 aliphatic carbocycles. The van der Waals surface area contributed by atoms with Crippen LogP contribution in [0.5, 0.6) is 5.75 Å². The number of amides is 2. The van der Waals surface area contributed by atoms with Gasteiger partial charge in [-0.2, -0.15) is 5.10 Å². The molecule has 0 saturated carbocycles. The number of hydrogen-bond donors (Lipinski definition) is 2. The predicted octanol–water partition coefficient (Wildman–Crippen LogP) is 2.57. The Morgan fingerprint density at radius 2 is 1.96 bits per heavy atom. The minimum atomic E-state index is -0.445. The highest BCUT2D eigenvalue weighted by Crippen LogP contribution is 2.25. The fraction of sp³-hybridized carbons (Fsp3) is 0.316. The van der Waals surface area contributed by atoms with Gasteiger partial charge in [0.2, 0.25) is 0 Å². The second kappa shape index (κ2) is 9.36. The molecule has 2 aromatic rings. The summed E-state index contributed by atoms with van der Waals surface area (Å²) in [6.07, 6.45) is 5.93. The topological polar surface area (TPSA) is 92.9 Å². The minimum Gasteiger partial charge on any atom is -0.484 e. The second-order valence-electron chi connectivity index (χ2n) is 6.14. The van der Waals surface area contributed by atoms with Crippen LogP contribution in [0.3, 0.4) is 0 Å². The number of aryl methyl sites for hydroxylation is 2. The molecule has 0 atom stereocenters. The van der Waals surface area contributed by atoms with Gasteiger partial charge in [-0.15, -0.1) is 0 Å². The van der Waals surface area contributed by atoms with E-state index in [2.05, 4.69) is 37.8 Å². The summed E-state index contributed by atoms with van der Waals surface area (Å²) >= 11 is 3.17. The highest BCUT2D eigenvalue weighted by atomic mass is 79.9. The lowest BCUT2D eigenvalue weighted by atomic mass is 9.92. The van der Waals surface area contributed by atoms with Gasteiger partial charge in [-0.3, -0.25) is 9.59 Å². The molecule has 0 aliphatic heterocycles. The van der Waals surface area contributed by atoms with Gasteiger partial charge < -0.3 is 14.5 Å². The van der Waals surface area contributed by atoms with E-state index in [1.165, 1.54) is 30.2 Å². The van der Waals surface area contributed by atoms with Gasteiger partial charge >= 0.3 is 0 Å². The van der Waals surface area contributed by atoms with Crippen molar-refractivity contribution in [2.24, 2.45) is 5.10 Å². The average Bonchev–Trinajstić information content (AvgIpc) is 3.09. The highest BCUT2D eigenvalue weighted by molar-refractivity contribution is 9.10. The number of halogens is 1. The molecule has 1 aliphatic rings. The fourth-order valence-corrected chi connectivity index (χ4v) is 3.10. The second-order valence-corrected chi connectivity index (χ2v) is 6.92. The molecular formula is C19H20BrN3O4. The first kappa shape index (κ1) is 19.2. The molecule has 3 rings (SSSR count). The highest BCUT2D eigenvalue weighted by Gasteiger charge is 2.11. The number of nitrogens with one attached hydrogen (secondary N) is 2. The summed E-state index contributed by atoms with van der Waals surface area (Å²) in [5.41, 5.74) is 4.95. The van der Waals surface area contributed by atoms with Crippen LogP contribution in [0.25, 0.3) is 0 Å². The van der Waals surface area contributed by atoms with E-state index in [1.54, 1.807) is 12.1 Å². The number of benzene rings is 1. The summed E-state index contributed by atoms with van der Waals surface area (Å²) in [6.45, 7) is -0.332. The summed E-state index contributed by atoms with van der Waals surface area (Å²) in [5.74, 6) is 0.343. The Morgan fingerprint density at radius 3 is 2.74 bits per heavy atom. The Balaban J connectivity index is 1.36. The van der Waals surface area contributed by atoms with Crippen LogP contribution in [-0.2, 0) is 22.4 Å². The number of ether oxygens (including phenoxy) is 1. The van der Waals surface area contributed by atoms with E-state index in [4.69, 9.17) is 9.15 Å². The van der Waals surface area contributed by atoms with E-state index in [0.717, 1.165) is 12.8 Å². The molecule has 1 heterocycles. The van der Waals surface area contributed by atoms with Crippen LogP contribution in [0.15, 0.2) is 44.5 Å². The maximum Gasteiger partial charge on any atom is 0.259 e. The van der Waals surface area contributed by atoms with Gasteiger partial charge in [-0.05, 0) is 77.0 Å². The van der Waals surface area contributed by atoms with Crippen molar-refractivity contribution in [2.75, 3.05) is 13.2 Å². The van der Waals surface area contributed by atoms with E-state index >= 15 is 0 Å². The number of fused-ring (bicyclic) bond motifs is 1. The standard InChI is InChI=1S/C19H20BrN3O4/c20-17-8-7-16(27-17)10-22-23-18(24)11-21-19(25)12-26-15-6-5-13-3-1-2-4-14(13)9-15/h5-10H,1-4,11-12H2,(H,21,25)(H,23,24). The Morgan fingerprint density at radius 1 is 1.15 bits per heavy atom. The Bertz CT molecular complexity index is 847.